The molecule has 0 radical (unpaired) electrons. The van der Waals surface area contributed by atoms with E-state index in [0.29, 0.717) is 0 Å². The Labute approximate surface area is 202 Å². The number of non-ortho nitro benzene ring substituents is 1. The van der Waals surface area contributed by atoms with Crippen molar-refractivity contribution in [2.75, 3.05) is 6.61 Å². The molecule has 0 aromatic heterocycles. The molecule has 0 bridgehead atoms. The molecule has 0 unspecified atom stereocenters. The number of amides is 1. The molecule has 0 saturated carbocycles. The number of carboxylic acid groups (broad SMARTS) is 1. The first kappa shape index (κ1) is 27.6. The summed E-state index contributed by atoms with van der Waals surface area (Å²) in [5, 5.41) is 73.8. The Kier molecular flexibility index (Phi) is 8.75. The van der Waals surface area contributed by atoms with Gasteiger partial charge in [0.15, 0.2) is 12.4 Å². The molecule has 1 amide bonds. The van der Waals surface area contributed by atoms with Crippen molar-refractivity contribution in [1.29, 1.82) is 0 Å². The Morgan fingerprint density at radius 2 is 1.67 bits per heavy atom. The number of hydrogen-bond acceptors (Lipinski definition) is 13. The van der Waals surface area contributed by atoms with Crippen LogP contribution in [0.3, 0.4) is 0 Å². The van der Waals surface area contributed by atoms with Crippen molar-refractivity contribution >= 4 is 17.6 Å². The Balaban J connectivity index is 1.81. The molecule has 1 aromatic carbocycles. The summed E-state index contributed by atoms with van der Waals surface area (Å²) in [5.74, 6) is -2.35. The van der Waals surface area contributed by atoms with Crippen LogP contribution in [-0.4, -0.2) is 115 Å². The number of ether oxygens (including phenoxy) is 4. The SMILES string of the molecule is CC(=O)N[C@H]1[C@@H](O[C@H]2[C@H](O)[C@@H](O)[C@H](Oc3ccc([N+](=O)[O-])cc3)O[C@@H]2C(=O)O)O[C@H](CO)[C@@H](O)[C@@H]1O. The second-order valence-corrected chi connectivity index (χ2v) is 8.15. The summed E-state index contributed by atoms with van der Waals surface area (Å²) in [4.78, 5) is 33.6. The van der Waals surface area contributed by atoms with Crippen LogP contribution in [0.15, 0.2) is 24.3 Å². The fraction of sp³-hybridized carbons (Fsp3) is 0.600. The maximum Gasteiger partial charge on any atom is 0.335 e. The van der Waals surface area contributed by atoms with E-state index in [4.69, 9.17) is 18.9 Å². The number of benzene rings is 1. The van der Waals surface area contributed by atoms with Crippen molar-refractivity contribution in [3.05, 3.63) is 34.4 Å². The van der Waals surface area contributed by atoms with Gasteiger partial charge in [-0.3, -0.25) is 14.9 Å². The van der Waals surface area contributed by atoms with Crippen molar-refractivity contribution < 1.29 is 64.1 Å². The summed E-state index contributed by atoms with van der Waals surface area (Å²) < 4.78 is 21.6. The highest BCUT2D eigenvalue weighted by Crippen LogP contribution is 2.31. The van der Waals surface area contributed by atoms with Crippen molar-refractivity contribution in [3.63, 3.8) is 0 Å². The number of carboxylic acids is 1. The number of aliphatic hydroxyl groups is 5. The van der Waals surface area contributed by atoms with Gasteiger partial charge in [-0.1, -0.05) is 0 Å². The summed E-state index contributed by atoms with van der Waals surface area (Å²) in [5.41, 5.74) is -0.251. The van der Waals surface area contributed by atoms with E-state index in [1.807, 2.05) is 0 Å². The van der Waals surface area contributed by atoms with Crippen molar-refractivity contribution in [3.8, 4) is 5.75 Å². The Morgan fingerprint density at radius 3 is 2.19 bits per heavy atom. The minimum atomic E-state index is -1.97. The second kappa shape index (κ2) is 11.4. The van der Waals surface area contributed by atoms with E-state index >= 15 is 0 Å². The zero-order chi connectivity index (χ0) is 26.7. The molecular weight excluding hydrogens is 492 g/mol. The molecule has 0 spiro atoms. The van der Waals surface area contributed by atoms with Gasteiger partial charge in [0.05, 0.1) is 11.5 Å². The van der Waals surface area contributed by atoms with Gasteiger partial charge in [-0.15, -0.1) is 0 Å². The number of aliphatic hydroxyl groups excluding tert-OH is 5. The van der Waals surface area contributed by atoms with E-state index in [0.717, 1.165) is 19.1 Å². The lowest BCUT2D eigenvalue weighted by Crippen LogP contribution is -2.68. The number of nitro benzene ring substituents is 1. The number of carbonyl (C=O) groups is 2. The van der Waals surface area contributed by atoms with Crippen LogP contribution in [0.5, 0.6) is 5.75 Å². The molecule has 2 heterocycles. The topological polar surface area (TPSA) is 248 Å². The molecule has 2 aliphatic heterocycles. The van der Waals surface area contributed by atoms with Gasteiger partial charge >= 0.3 is 5.97 Å². The third-order valence-electron chi connectivity index (χ3n) is 5.63. The summed E-state index contributed by atoms with van der Waals surface area (Å²) in [6.07, 6.45) is -15.8. The van der Waals surface area contributed by atoms with E-state index in [2.05, 4.69) is 5.32 Å². The predicted octanol–water partition coefficient (Wildman–Crippen LogP) is -3.17. The molecule has 16 nitrogen and oxygen atoms in total. The van der Waals surface area contributed by atoms with E-state index < -0.39 is 84.8 Å². The van der Waals surface area contributed by atoms with E-state index in [9.17, 15) is 50.3 Å². The average molecular weight is 518 g/mol. The van der Waals surface area contributed by atoms with Crippen LogP contribution in [-0.2, 0) is 23.8 Å². The Hall–Kier alpha value is -2.96. The number of nitro groups is 1. The highest BCUT2D eigenvalue weighted by Gasteiger charge is 2.53. The van der Waals surface area contributed by atoms with Crippen LogP contribution in [0, 0.1) is 10.1 Å². The first-order valence-electron chi connectivity index (χ1n) is 10.6. The maximum atomic E-state index is 11.9. The van der Waals surface area contributed by atoms with E-state index in [1.54, 1.807) is 0 Å². The lowest BCUT2D eigenvalue weighted by atomic mass is 9.95. The van der Waals surface area contributed by atoms with Crippen LogP contribution < -0.4 is 10.1 Å². The molecule has 2 aliphatic rings. The monoisotopic (exact) mass is 518 g/mol. The average Bonchev–Trinajstić information content (AvgIpc) is 2.82. The number of aliphatic carboxylic acids is 1. The second-order valence-electron chi connectivity index (χ2n) is 8.15. The highest BCUT2D eigenvalue weighted by molar-refractivity contribution is 5.74. The van der Waals surface area contributed by atoms with Gasteiger partial charge in [-0.05, 0) is 12.1 Å². The fourth-order valence-corrected chi connectivity index (χ4v) is 3.81. The fourth-order valence-electron chi connectivity index (χ4n) is 3.81. The van der Waals surface area contributed by atoms with Gasteiger partial charge < -0.3 is 54.9 Å². The van der Waals surface area contributed by atoms with Crippen LogP contribution in [0.25, 0.3) is 0 Å². The minimum Gasteiger partial charge on any atom is -0.479 e. The normalized spacial score (nSPS) is 36.6. The standard InChI is InChI=1S/C20H26N2O14/c1-7(24)21-11-13(26)12(25)10(6-23)34-19(11)35-16-14(27)15(28)20(36-17(16)18(29)30)33-9-4-2-8(3-5-9)22(31)32/h2-5,10-17,19-20,23,25-28H,6H2,1H3,(H,21,24)(H,29,30)/t10-,11-,12-,13-,14-,15-,16+,17+,19-,20-/m1/s1. The Bertz CT molecular complexity index is 945. The van der Waals surface area contributed by atoms with E-state index in [-0.39, 0.29) is 11.4 Å². The molecular formula is C20H26N2O14. The molecule has 2 saturated heterocycles. The number of hydrogen-bond donors (Lipinski definition) is 7. The van der Waals surface area contributed by atoms with Crippen molar-refractivity contribution in [1.82, 2.24) is 5.32 Å². The number of nitrogens with one attached hydrogen (secondary N) is 1. The summed E-state index contributed by atoms with van der Waals surface area (Å²) in [6.45, 7) is 0.321. The third kappa shape index (κ3) is 5.88. The summed E-state index contributed by atoms with van der Waals surface area (Å²) in [7, 11) is 0. The molecule has 36 heavy (non-hydrogen) atoms. The molecule has 16 heteroatoms. The first-order valence-corrected chi connectivity index (χ1v) is 10.6. The van der Waals surface area contributed by atoms with Crippen molar-refractivity contribution in [2.24, 2.45) is 0 Å². The summed E-state index contributed by atoms with van der Waals surface area (Å²) >= 11 is 0. The van der Waals surface area contributed by atoms with Gasteiger partial charge in [-0.2, -0.15) is 0 Å². The number of carbonyl (C=O) groups excluding carboxylic acids is 1. The number of rotatable bonds is 8. The lowest BCUT2D eigenvalue weighted by Gasteiger charge is -2.46. The molecule has 7 N–H and O–H groups in total. The first-order chi connectivity index (χ1) is 16.9. The quantitative estimate of drug-likeness (QED) is 0.133. The van der Waals surface area contributed by atoms with Crippen LogP contribution in [0.4, 0.5) is 5.69 Å². The predicted molar refractivity (Wildman–Crippen MR) is 112 cm³/mol. The molecule has 200 valence electrons. The molecule has 2 fully saturated rings. The van der Waals surface area contributed by atoms with Gasteiger partial charge in [-0.25, -0.2) is 4.79 Å². The summed E-state index contributed by atoms with van der Waals surface area (Å²) in [6, 6.07) is 3.10. The lowest BCUT2D eigenvalue weighted by molar-refractivity contribution is -0.384. The van der Waals surface area contributed by atoms with Crippen LogP contribution >= 0.6 is 0 Å². The highest BCUT2D eigenvalue weighted by atomic mass is 16.7. The van der Waals surface area contributed by atoms with Crippen LogP contribution in [0.2, 0.25) is 0 Å². The van der Waals surface area contributed by atoms with Gasteiger partial charge in [0.2, 0.25) is 12.2 Å². The van der Waals surface area contributed by atoms with Gasteiger partial charge in [0, 0.05) is 19.1 Å². The van der Waals surface area contributed by atoms with Crippen molar-refractivity contribution in [2.45, 2.75) is 68.3 Å². The third-order valence-corrected chi connectivity index (χ3v) is 5.63. The van der Waals surface area contributed by atoms with Gasteiger partial charge in [0.1, 0.15) is 48.4 Å². The Morgan fingerprint density at radius 1 is 1.03 bits per heavy atom. The molecule has 3 rings (SSSR count). The molecule has 10 atom stereocenters. The smallest absolute Gasteiger partial charge is 0.335 e. The molecule has 1 aromatic rings. The van der Waals surface area contributed by atoms with Crippen LogP contribution in [0.1, 0.15) is 6.92 Å². The zero-order valence-corrected chi connectivity index (χ0v) is 18.7. The number of nitrogens with zero attached hydrogens (tertiary/aromatic N) is 1. The molecule has 0 aliphatic carbocycles. The van der Waals surface area contributed by atoms with E-state index in [1.165, 1.54) is 12.1 Å². The maximum absolute atomic E-state index is 11.9. The van der Waals surface area contributed by atoms with Gasteiger partial charge in [0.25, 0.3) is 5.69 Å². The minimum absolute atomic E-state index is 0.0374. The largest absolute Gasteiger partial charge is 0.479 e. The zero-order valence-electron chi connectivity index (χ0n) is 18.7.